The van der Waals surface area contributed by atoms with E-state index in [1.807, 2.05) is 6.07 Å². The number of nitrogens with zero attached hydrogens (tertiary/aromatic N) is 4. The number of likely N-dealkylation sites (N-methyl/N-ethyl adjacent to an activating group) is 1. The third kappa shape index (κ3) is 2.68. The molecule has 3 aliphatic rings. The molecule has 0 N–H and O–H groups in total. The Hall–Kier alpha value is -2.54. The lowest BCUT2D eigenvalue weighted by Crippen LogP contribution is -2.44. The van der Waals surface area contributed by atoms with Crippen molar-refractivity contribution in [2.75, 3.05) is 38.1 Å². The topological polar surface area (TPSA) is 23.8 Å². The highest BCUT2D eigenvalue weighted by Crippen LogP contribution is 2.47. The van der Waals surface area contributed by atoms with Gasteiger partial charge in [0.05, 0.1) is 22.6 Å². The Morgan fingerprint density at radius 3 is 2.57 bits per heavy atom. The maximum atomic E-state index is 13.9. The maximum Gasteiger partial charge on any atom is 0.418 e. The molecular weight excluding hydrogens is 365 g/mol. The fraction of sp³-hybridized carbons (Fsp3) is 0.381. The van der Waals surface area contributed by atoms with E-state index in [-0.39, 0.29) is 5.69 Å². The molecule has 0 saturated carbocycles. The highest BCUT2D eigenvalue weighted by Gasteiger charge is 2.38. The molecule has 1 aliphatic carbocycles. The van der Waals surface area contributed by atoms with E-state index in [1.54, 1.807) is 23.0 Å². The quantitative estimate of drug-likeness (QED) is 0.730. The first-order valence-electron chi connectivity index (χ1n) is 9.56. The summed E-state index contributed by atoms with van der Waals surface area (Å²) in [4.78, 5) is 8.97. The van der Waals surface area contributed by atoms with Crippen molar-refractivity contribution in [3.05, 3.63) is 47.3 Å². The second kappa shape index (κ2) is 6.24. The molecule has 7 heteroatoms. The summed E-state index contributed by atoms with van der Waals surface area (Å²) < 4.78 is 43.5. The lowest BCUT2D eigenvalue weighted by atomic mass is 9.98. The summed E-state index contributed by atoms with van der Waals surface area (Å²) in [6.45, 7) is 3.31. The Bertz CT molecular complexity index is 992. The van der Waals surface area contributed by atoms with Crippen molar-refractivity contribution in [1.29, 1.82) is 0 Å². The van der Waals surface area contributed by atoms with Gasteiger partial charge in [-0.2, -0.15) is 13.2 Å². The Labute approximate surface area is 161 Å². The van der Waals surface area contributed by atoms with Crippen LogP contribution in [0.5, 0.6) is 0 Å². The number of aliphatic imine (C=N–C) groups is 1. The number of aromatic nitrogens is 1. The van der Waals surface area contributed by atoms with E-state index in [4.69, 9.17) is 0 Å². The smallest absolute Gasteiger partial charge is 0.367 e. The van der Waals surface area contributed by atoms with Gasteiger partial charge in [-0.1, -0.05) is 6.08 Å². The molecule has 0 spiro atoms. The summed E-state index contributed by atoms with van der Waals surface area (Å²) in [5.74, 6) is 0. The normalized spacial score (nSPS) is 19.1. The molecular formula is C21H21F3N4. The minimum absolute atomic E-state index is 0.145. The van der Waals surface area contributed by atoms with Gasteiger partial charge < -0.3 is 14.4 Å². The van der Waals surface area contributed by atoms with Gasteiger partial charge in [0, 0.05) is 44.2 Å². The molecule has 0 bridgehead atoms. The minimum Gasteiger partial charge on any atom is -0.367 e. The average molecular weight is 386 g/mol. The van der Waals surface area contributed by atoms with E-state index in [1.165, 1.54) is 6.07 Å². The van der Waals surface area contributed by atoms with E-state index < -0.39 is 11.7 Å². The van der Waals surface area contributed by atoms with Crippen LogP contribution in [0.25, 0.3) is 11.3 Å². The van der Waals surface area contributed by atoms with Crippen molar-refractivity contribution in [3.63, 3.8) is 0 Å². The molecule has 146 valence electrons. The highest BCUT2D eigenvalue weighted by molar-refractivity contribution is 6.13. The van der Waals surface area contributed by atoms with Crippen LogP contribution in [-0.4, -0.2) is 48.9 Å². The van der Waals surface area contributed by atoms with E-state index in [0.717, 1.165) is 61.5 Å². The first-order valence-corrected chi connectivity index (χ1v) is 9.56. The van der Waals surface area contributed by atoms with Gasteiger partial charge in [0.15, 0.2) is 0 Å². The van der Waals surface area contributed by atoms with Gasteiger partial charge in [-0.15, -0.1) is 0 Å². The molecule has 4 nitrogen and oxygen atoms in total. The van der Waals surface area contributed by atoms with Crippen LogP contribution in [0.1, 0.15) is 23.2 Å². The molecule has 3 heterocycles. The van der Waals surface area contributed by atoms with Crippen molar-refractivity contribution in [2.45, 2.75) is 19.0 Å². The zero-order valence-corrected chi connectivity index (χ0v) is 15.6. The van der Waals surface area contributed by atoms with Crippen LogP contribution in [0, 0.1) is 0 Å². The van der Waals surface area contributed by atoms with Crippen molar-refractivity contribution < 1.29 is 13.2 Å². The van der Waals surface area contributed by atoms with Gasteiger partial charge in [-0.05, 0) is 43.7 Å². The first-order chi connectivity index (χ1) is 13.4. The van der Waals surface area contributed by atoms with Gasteiger partial charge in [0.1, 0.15) is 5.69 Å². The Kier molecular flexibility index (Phi) is 3.91. The molecule has 1 aromatic heterocycles. The van der Waals surface area contributed by atoms with Crippen molar-refractivity contribution in [3.8, 4) is 5.69 Å². The monoisotopic (exact) mass is 386 g/mol. The summed E-state index contributed by atoms with van der Waals surface area (Å²) in [6, 6.07) is 4.74. The van der Waals surface area contributed by atoms with Crippen molar-refractivity contribution >= 4 is 23.2 Å². The Morgan fingerprint density at radius 2 is 1.82 bits per heavy atom. The lowest BCUT2D eigenvalue weighted by Gasteiger charge is -2.35. The van der Waals surface area contributed by atoms with Gasteiger partial charge >= 0.3 is 6.18 Å². The number of piperazine rings is 1. The molecule has 2 aromatic rings. The number of benzene rings is 1. The van der Waals surface area contributed by atoms with Crippen LogP contribution in [0.15, 0.2) is 35.5 Å². The molecule has 0 amide bonds. The second-order valence-electron chi connectivity index (χ2n) is 7.63. The third-order valence-corrected chi connectivity index (χ3v) is 5.87. The van der Waals surface area contributed by atoms with E-state index in [2.05, 4.69) is 27.9 Å². The Morgan fingerprint density at radius 1 is 1.04 bits per heavy atom. The minimum atomic E-state index is -4.44. The number of fused-ring (bicyclic) bond motifs is 2. The van der Waals surface area contributed by atoms with Crippen LogP contribution in [0.2, 0.25) is 0 Å². The second-order valence-corrected chi connectivity index (χ2v) is 7.63. The molecule has 0 unspecified atom stereocenters. The highest BCUT2D eigenvalue weighted by atomic mass is 19.4. The lowest BCUT2D eigenvalue weighted by molar-refractivity contribution is -0.137. The van der Waals surface area contributed by atoms with Crippen molar-refractivity contribution in [2.24, 2.45) is 4.99 Å². The largest absolute Gasteiger partial charge is 0.418 e. The molecule has 0 radical (unpaired) electrons. The first kappa shape index (κ1) is 17.6. The predicted molar refractivity (Wildman–Crippen MR) is 105 cm³/mol. The summed E-state index contributed by atoms with van der Waals surface area (Å²) in [5.41, 5.74) is 3.52. The number of rotatable bonds is 1. The van der Waals surface area contributed by atoms with Crippen molar-refractivity contribution in [1.82, 2.24) is 9.47 Å². The number of hydrogen-bond acceptors (Lipinski definition) is 3. The van der Waals surface area contributed by atoms with E-state index in [9.17, 15) is 13.2 Å². The van der Waals surface area contributed by atoms with E-state index in [0.29, 0.717) is 5.69 Å². The van der Waals surface area contributed by atoms with Crippen LogP contribution < -0.4 is 4.90 Å². The van der Waals surface area contributed by atoms with E-state index >= 15 is 0 Å². The molecule has 5 rings (SSSR count). The molecule has 1 saturated heterocycles. The zero-order valence-electron chi connectivity index (χ0n) is 15.6. The number of alkyl halides is 3. The number of aryl methyl sites for hydroxylation is 1. The molecule has 1 aromatic carbocycles. The number of allylic oxidation sites excluding steroid dienone is 2. The third-order valence-electron chi connectivity index (χ3n) is 5.87. The van der Waals surface area contributed by atoms with Gasteiger partial charge in [-0.3, -0.25) is 4.99 Å². The van der Waals surface area contributed by atoms with Crippen LogP contribution in [-0.2, 0) is 12.6 Å². The number of anilines is 1. The van der Waals surface area contributed by atoms with Gasteiger partial charge in [0.2, 0.25) is 0 Å². The number of halogens is 3. The SMILES string of the molecule is CN1CCN(c2ccc(C(F)(F)F)c3c2N=CC2=CCCc4ccn-3c42)CC1. The molecule has 0 atom stereocenters. The standard InChI is InChI=1S/C21H21F3N4/c1-26-9-11-27(12-10-26)17-6-5-16(21(22,23)24)20-18(17)25-13-15-4-2-3-14-7-8-28(20)19(14)15/h4-8,13H,2-3,9-12H2,1H3. The summed E-state index contributed by atoms with van der Waals surface area (Å²) in [6.07, 6.45) is 2.85. The maximum absolute atomic E-state index is 13.9. The summed E-state index contributed by atoms with van der Waals surface area (Å²) in [5, 5.41) is 0. The fourth-order valence-electron chi connectivity index (χ4n) is 4.38. The summed E-state index contributed by atoms with van der Waals surface area (Å²) in [7, 11) is 2.06. The van der Waals surface area contributed by atoms with Crippen LogP contribution in [0.4, 0.5) is 24.5 Å². The fourth-order valence-corrected chi connectivity index (χ4v) is 4.38. The average Bonchev–Trinajstić information content (AvgIpc) is 3.02. The van der Waals surface area contributed by atoms with Crippen LogP contribution in [0.3, 0.4) is 0 Å². The van der Waals surface area contributed by atoms with Gasteiger partial charge in [-0.25, -0.2) is 0 Å². The van der Waals surface area contributed by atoms with Crippen LogP contribution >= 0.6 is 0 Å². The predicted octanol–water partition coefficient (Wildman–Crippen LogP) is 4.29. The van der Waals surface area contributed by atoms with Gasteiger partial charge in [0.25, 0.3) is 0 Å². The molecule has 28 heavy (non-hydrogen) atoms. The summed E-state index contributed by atoms with van der Waals surface area (Å²) >= 11 is 0. The molecule has 1 fully saturated rings. The molecule has 2 aliphatic heterocycles. The zero-order chi connectivity index (χ0) is 19.5. The Balaban J connectivity index is 1.76. The number of hydrogen-bond donors (Lipinski definition) is 0.